The first-order valence-electron chi connectivity index (χ1n) is 9.73. The number of amides is 3. The van der Waals surface area contributed by atoms with E-state index in [4.69, 9.17) is 9.47 Å². The summed E-state index contributed by atoms with van der Waals surface area (Å²) in [5.41, 5.74) is 2.86. The molecule has 7 heteroatoms. The Morgan fingerprint density at radius 3 is 2.15 bits per heavy atom. The predicted molar refractivity (Wildman–Crippen MR) is 93.5 cm³/mol. The minimum Gasteiger partial charge on any atom is -0.490 e. The first-order chi connectivity index (χ1) is 13.1. The van der Waals surface area contributed by atoms with E-state index in [1.807, 2.05) is 0 Å². The SMILES string of the molecule is O=C(NN1C(=O)[C@@H]2[C@@H](C1=O)[C@H]1CC[C@@H]2O1)c1ccc(OC2CCCC2)cc1. The van der Waals surface area contributed by atoms with E-state index in [0.717, 1.165) is 36.4 Å². The van der Waals surface area contributed by atoms with Crippen LogP contribution in [0.15, 0.2) is 24.3 Å². The summed E-state index contributed by atoms with van der Waals surface area (Å²) < 4.78 is 11.6. The highest BCUT2D eigenvalue weighted by atomic mass is 16.5. The number of hydrogen-bond acceptors (Lipinski definition) is 5. The lowest BCUT2D eigenvalue weighted by atomic mass is 9.81. The van der Waals surface area contributed by atoms with Crippen LogP contribution in [0, 0.1) is 11.8 Å². The number of carbonyl (C=O) groups excluding carboxylic acids is 3. The molecule has 3 saturated heterocycles. The number of nitrogens with zero attached hydrogens (tertiary/aromatic N) is 1. The second-order valence-electron chi connectivity index (χ2n) is 7.84. The molecule has 1 saturated carbocycles. The summed E-state index contributed by atoms with van der Waals surface area (Å²) in [6.45, 7) is 0. The Morgan fingerprint density at radius 2 is 1.56 bits per heavy atom. The third kappa shape index (κ3) is 2.72. The van der Waals surface area contributed by atoms with Gasteiger partial charge in [0.1, 0.15) is 5.75 Å². The van der Waals surface area contributed by atoms with Crippen molar-refractivity contribution in [1.82, 2.24) is 10.4 Å². The van der Waals surface area contributed by atoms with Crippen LogP contribution in [-0.4, -0.2) is 41.0 Å². The molecule has 0 spiro atoms. The summed E-state index contributed by atoms with van der Waals surface area (Å²) in [6.07, 6.45) is 5.99. The van der Waals surface area contributed by atoms with E-state index < -0.39 is 17.7 Å². The molecule has 3 aliphatic heterocycles. The Balaban J connectivity index is 1.25. The maximum Gasteiger partial charge on any atom is 0.270 e. The Morgan fingerprint density at radius 1 is 0.963 bits per heavy atom. The normalized spacial score (nSPS) is 32.2. The van der Waals surface area contributed by atoms with Gasteiger partial charge < -0.3 is 9.47 Å². The molecule has 27 heavy (non-hydrogen) atoms. The Kier molecular flexibility index (Phi) is 3.93. The van der Waals surface area contributed by atoms with Crippen LogP contribution in [0.2, 0.25) is 0 Å². The van der Waals surface area contributed by atoms with Crippen molar-refractivity contribution >= 4 is 17.7 Å². The van der Waals surface area contributed by atoms with Crippen molar-refractivity contribution in [3.05, 3.63) is 29.8 Å². The van der Waals surface area contributed by atoms with Crippen LogP contribution in [0.3, 0.4) is 0 Å². The van der Waals surface area contributed by atoms with Crippen LogP contribution < -0.4 is 10.2 Å². The van der Waals surface area contributed by atoms with Gasteiger partial charge in [-0.2, -0.15) is 5.01 Å². The molecule has 1 aliphatic carbocycles. The van der Waals surface area contributed by atoms with Gasteiger partial charge in [0.2, 0.25) is 0 Å². The topological polar surface area (TPSA) is 84.9 Å². The number of ether oxygens (including phenoxy) is 2. The van der Waals surface area contributed by atoms with Gasteiger partial charge in [-0.3, -0.25) is 19.8 Å². The molecule has 4 fully saturated rings. The van der Waals surface area contributed by atoms with Crippen LogP contribution in [0.4, 0.5) is 0 Å². The molecule has 1 N–H and O–H groups in total. The largest absolute Gasteiger partial charge is 0.490 e. The third-order valence-corrected chi connectivity index (χ3v) is 6.22. The lowest BCUT2D eigenvalue weighted by Crippen LogP contribution is -2.47. The summed E-state index contributed by atoms with van der Waals surface area (Å²) in [5, 5.41) is 0.897. The molecule has 0 radical (unpaired) electrons. The molecule has 3 amide bonds. The molecule has 5 rings (SSSR count). The van der Waals surface area contributed by atoms with Crippen molar-refractivity contribution in [3.63, 3.8) is 0 Å². The van der Waals surface area contributed by atoms with Gasteiger partial charge in [0, 0.05) is 5.56 Å². The molecule has 0 aromatic heterocycles. The number of hydrazine groups is 1. The van der Waals surface area contributed by atoms with Gasteiger partial charge in [-0.1, -0.05) is 0 Å². The molecule has 4 aliphatic rings. The van der Waals surface area contributed by atoms with Gasteiger partial charge in [0.25, 0.3) is 17.7 Å². The van der Waals surface area contributed by atoms with Gasteiger partial charge in [-0.25, -0.2) is 0 Å². The molecule has 142 valence electrons. The lowest BCUT2D eigenvalue weighted by molar-refractivity contribution is -0.145. The van der Waals surface area contributed by atoms with E-state index in [1.54, 1.807) is 24.3 Å². The van der Waals surface area contributed by atoms with Gasteiger partial charge >= 0.3 is 0 Å². The number of benzene rings is 1. The lowest BCUT2D eigenvalue weighted by Gasteiger charge is -2.18. The number of fused-ring (bicyclic) bond motifs is 5. The van der Waals surface area contributed by atoms with E-state index in [1.165, 1.54) is 12.8 Å². The molecule has 3 heterocycles. The van der Waals surface area contributed by atoms with Crippen molar-refractivity contribution in [2.45, 2.75) is 56.8 Å². The number of carbonyl (C=O) groups is 3. The second-order valence-corrected chi connectivity index (χ2v) is 7.84. The zero-order chi connectivity index (χ0) is 18.5. The van der Waals surface area contributed by atoms with Crippen molar-refractivity contribution in [2.24, 2.45) is 11.8 Å². The quantitative estimate of drug-likeness (QED) is 0.817. The molecular weight excluding hydrogens is 348 g/mol. The smallest absolute Gasteiger partial charge is 0.270 e. The van der Waals surface area contributed by atoms with Gasteiger partial charge in [-0.15, -0.1) is 0 Å². The number of rotatable bonds is 4. The standard InChI is InChI=1S/C20H22N2O5/c23-18(11-5-7-13(8-6-11)26-12-3-1-2-4-12)21-22-19(24)16-14-9-10-15(27-14)17(16)20(22)25/h5-8,12,14-17H,1-4,9-10H2,(H,21,23)/t14-,15+,16-,17-/m0/s1. The molecule has 4 atom stereocenters. The summed E-state index contributed by atoms with van der Waals surface area (Å²) in [7, 11) is 0. The van der Waals surface area contributed by atoms with Gasteiger partial charge in [0.15, 0.2) is 0 Å². The molecule has 1 aromatic rings. The Bertz CT molecular complexity index is 758. The predicted octanol–water partition coefficient (Wildman–Crippen LogP) is 1.82. The number of hydrogen-bond donors (Lipinski definition) is 1. The first kappa shape index (κ1) is 16.7. The molecular formula is C20H22N2O5. The van der Waals surface area contributed by atoms with E-state index in [9.17, 15) is 14.4 Å². The van der Waals surface area contributed by atoms with E-state index in [-0.39, 0.29) is 30.1 Å². The summed E-state index contributed by atoms with van der Waals surface area (Å²) >= 11 is 0. The highest BCUT2D eigenvalue weighted by Gasteiger charge is 2.62. The molecule has 1 aromatic carbocycles. The molecule has 0 unspecified atom stereocenters. The van der Waals surface area contributed by atoms with E-state index in [2.05, 4.69) is 5.43 Å². The zero-order valence-electron chi connectivity index (χ0n) is 14.9. The molecule has 7 nitrogen and oxygen atoms in total. The average Bonchev–Trinajstić information content (AvgIpc) is 3.45. The fourth-order valence-corrected chi connectivity index (χ4v) is 4.87. The monoisotopic (exact) mass is 370 g/mol. The number of imide groups is 1. The highest BCUT2D eigenvalue weighted by molar-refractivity contribution is 6.08. The number of nitrogens with one attached hydrogen (secondary N) is 1. The van der Waals surface area contributed by atoms with Crippen LogP contribution in [-0.2, 0) is 14.3 Å². The molecule has 2 bridgehead atoms. The van der Waals surface area contributed by atoms with Crippen molar-refractivity contribution in [3.8, 4) is 5.75 Å². The minimum atomic E-state index is -0.475. The van der Waals surface area contributed by atoms with Crippen LogP contribution in [0.5, 0.6) is 5.75 Å². The van der Waals surface area contributed by atoms with Crippen LogP contribution in [0.25, 0.3) is 0 Å². The maximum absolute atomic E-state index is 12.6. The van der Waals surface area contributed by atoms with Crippen LogP contribution in [0.1, 0.15) is 48.9 Å². The zero-order valence-corrected chi connectivity index (χ0v) is 14.9. The third-order valence-electron chi connectivity index (χ3n) is 6.22. The maximum atomic E-state index is 12.6. The van der Waals surface area contributed by atoms with Crippen molar-refractivity contribution in [1.29, 1.82) is 0 Å². The van der Waals surface area contributed by atoms with Crippen molar-refractivity contribution < 1.29 is 23.9 Å². The fourth-order valence-electron chi connectivity index (χ4n) is 4.87. The highest BCUT2D eigenvalue weighted by Crippen LogP contribution is 2.48. The minimum absolute atomic E-state index is 0.189. The van der Waals surface area contributed by atoms with E-state index in [0.29, 0.717) is 5.56 Å². The summed E-state index contributed by atoms with van der Waals surface area (Å²) in [5.74, 6) is -1.34. The van der Waals surface area contributed by atoms with Gasteiger partial charge in [-0.05, 0) is 62.8 Å². The fraction of sp³-hybridized carbons (Fsp3) is 0.550. The average molecular weight is 370 g/mol. The Hall–Kier alpha value is -2.41. The van der Waals surface area contributed by atoms with Crippen LogP contribution >= 0.6 is 0 Å². The Labute approximate surface area is 157 Å². The van der Waals surface area contributed by atoms with Gasteiger partial charge in [0.05, 0.1) is 30.1 Å². The first-order valence-corrected chi connectivity index (χ1v) is 9.73. The summed E-state index contributed by atoms with van der Waals surface area (Å²) in [4.78, 5) is 37.7. The second kappa shape index (κ2) is 6.34. The van der Waals surface area contributed by atoms with Crippen molar-refractivity contribution in [2.75, 3.05) is 0 Å². The summed E-state index contributed by atoms with van der Waals surface area (Å²) in [6, 6.07) is 6.81. The van der Waals surface area contributed by atoms with E-state index >= 15 is 0 Å².